The Kier molecular flexibility index (Phi) is 4.75. The SMILES string of the molecule is Cc1ccccc1NC(=O)C(C)OC(=O)c1oc2ccc(F)cc2c1C. The number of hydrogen-bond acceptors (Lipinski definition) is 4. The van der Waals surface area contributed by atoms with Crippen LogP contribution in [0, 0.1) is 19.7 Å². The molecule has 1 unspecified atom stereocenters. The molecule has 0 spiro atoms. The van der Waals surface area contributed by atoms with E-state index in [4.69, 9.17) is 9.15 Å². The first kappa shape index (κ1) is 17.7. The lowest BCUT2D eigenvalue weighted by Crippen LogP contribution is -2.30. The van der Waals surface area contributed by atoms with Gasteiger partial charge in [0, 0.05) is 16.6 Å². The number of furan rings is 1. The predicted octanol–water partition coefficient (Wildman–Crippen LogP) is 4.37. The topological polar surface area (TPSA) is 68.5 Å². The van der Waals surface area contributed by atoms with E-state index in [0.29, 0.717) is 22.2 Å². The maximum Gasteiger partial charge on any atom is 0.375 e. The zero-order valence-corrected chi connectivity index (χ0v) is 14.6. The number of carbonyl (C=O) groups is 2. The van der Waals surface area contributed by atoms with Crippen molar-refractivity contribution in [3.63, 3.8) is 0 Å². The van der Waals surface area contributed by atoms with E-state index in [2.05, 4.69) is 5.32 Å². The first-order chi connectivity index (χ1) is 12.4. The number of nitrogens with one attached hydrogen (secondary N) is 1. The number of halogens is 1. The van der Waals surface area contributed by atoms with Gasteiger partial charge in [0.25, 0.3) is 5.91 Å². The molecule has 0 bridgehead atoms. The number of ether oxygens (including phenoxy) is 1. The molecule has 2 aromatic carbocycles. The van der Waals surface area contributed by atoms with Crippen molar-refractivity contribution in [2.45, 2.75) is 26.9 Å². The van der Waals surface area contributed by atoms with Crippen LogP contribution in [0.4, 0.5) is 10.1 Å². The second-order valence-electron chi connectivity index (χ2n) is 6.05. The molecule has 1 aromatic heterocycles. The van der Waals surface area contributed by atoms with E-state index in [9.17, 15) is 14.0 Å². The van der Waals surface area contributed by atoms with Crippen LogP contribution in [0.5, 0.6) is 0 Å². The van der Waals surface area contributed by atoms with Gasteiger partial charge < -0.3 is 14.5 Å². The number of anilines is 1. The molecule has 0 aliphatic rings. The Balaban J connectivity index is 1.74. The first-order valence-electron chi connectivity index (χ1n) is 8.13. The molecule has 5 nitrogen and oxygen atoms in total. The predicted molar refractivity (Wildman–Crippen MR) is 95.6 cm³/mol. The largest absolute Gasteiger partial charge is 0.449 e. The summed E-state index contributed by atoms with van der Waals surface area (Å²) in [6, 6.07) is 11.3. The molecule has 0 saturated heterocycles. The Morgan fingerprint density at radius 3 is 2.62 bits per heavy atom. The number of fused-ring (bicyclic) bond motifs is 1. The fourth-order valence-electron chi connectivity index (χ4n) is 2.60. The minimum absolute atomic E-state index is 0.0406. The average molecular weight is 355 g/mol. The third-order valence-corrected chi connectivity index (χ3v) is 4.14. The molecule has 0 radical (unpaired) electrons. The van der Waals surface area contributed by atoms with Gasteiger partial charge in [0.05, 0.1) is 0 Å². The van der Waals surface area contributed by atoms with Gasteiger partial charge in [-0.3, -0.25) is 4.79 Å². The van der Waals surface area contributed by atoms with Crippen LogP contribution in [0.3, 0.4) is 0 Å². The highest BCUT2D eigenvalue weighted by Crippen LogP contribution is 2.27. The summed E-state index contributed by atoms with van der Waals surface area (Å²) in [6.45, 7) is 4.98. The fraction of sp³-hybridized carbons (Fsp3) is 0.200. The van der Waals surface area contributed by atoms with Crippen molar-refractivity contribution >= 4 is 28.5 Å². The second kappa shape index (κ2) is 7.00. The molecule has 26 heavy (non-hydrogen) atoms. The van der Waals surface area contributed by atoms with Gasteiger partial charge in [-0.2, -0.15) is 0 Å². The van der Waals surface area contributed by atoms with Gasteiger partial charge in [0.1, 0.15) is 11.4 Å². The number of rotatable bonds is 4. The van der Waals surface area contributed by atoms with Crippen molar-refractivity contribution in [2.75, 3.05) is 5.32 Å². The second-order valence-corrected chi connectivity index (χ2v) is 6.05. The average Bonchev–Trinajstić information content (AvgIpc) is 2.93. The molecule has 3 rings (SSSR count). The summed E-state index contributed by atoms with van der Waals surface area (Å²) in [4.78, 5) is 24.6. The third-order valence-electron chi connectivity index (χ3n) is 4.14. The third kappa shape index (κ3) is 3.44. The van der Waals surface area contributed by atoms with Crippen LogP contribution in [0.1, 0.15) is 28.6 Å². The lowest BCUT2D eigenvalue weighted by Gasteiger charge is -2.14. The highest BCUT2D eigenvalue weighted by molar-refractivity contribution is 5.99. The number of benzene rings is 2. The van der Waals surface area contributed by atoms with Crippen LogP contribution in [-0.2, 0) is 9.53 Å². The number of amides is 1. The van der Waals surface area contributed by atoms with Gasteiger partial charge in [-0.05, 0) is 50.6 Å². The summed E-state index contributed by atoms with van der Waals surface area (Å²) in [7, 11) is 0. The molecule has 6 heteroatoms. The monoisotopic (exact) mass is 355 g/mol. The van der Waals surface area contributed by atoms with Crippen molar-refractivity contribution in [2.24, 2.45) is 0 Å². The van der Waals surface area contributed by atoms with Crippen LogP contribution in [0.25, 0.3) is 11.0 Å². The van der Waals surface area contributed by atoms with Gasteiger partial charge >= 0.3 is 5.97 Å². The molecule has 1 N–H and O–H groups in total. The normalized spacial score (nSPS) is 12.0. The number of carbonyl (C=O) groups excluding carboxylic acids is 2. The summed E-state index contributed by atoms with van der Waals surface area (Å²) in [5, 5.41) is 3.21. The Bertz CT molecular complexity index is 993. The first-order valence-corrected chi connectivity index (χ1v) is 8.13. The van der Waals surface area contributed by atoms with Crippen LogP contribution < -0.4 is 5.32 Å². The van der Waals surface area contributed by atoms with E-state index in [1.807, 2.05) is 19.1 Å². The van der Waals surface area contributed by atoms with Crippen molar-refractivity contribution < 1.29 is 23.1 Å². The van der Waals surface area contributed by atoms with Gasteiger partial charge in [-0.15, -0.1) is 0 Å². The molecule has 3 aromatic rings. The van der Waals surface area contributed by atoms with Gasteiger partial charge in [-0.1, -0.05) is 18.2 Å². The summed E-state index contributed by atoms with van der Waals surface area (Å²) >= 11 is 0. The minimum Gasteiger partial charge on any atom is -0.449 e. The maximum atomic E-state index is 13.4. The standard InChI is InChI=1S/C20H18FNO4/c1-11-6-4-5-7-16(11)22-19(23)13(3)25-20(24)18-12(2)15-10-14(21)8-9-17(15)26-18/h4-10,13H,1-3H3,(H,22,23). The van der Waals surface area contributed by atoms with E-state index >= 15 is 0 Å². The number of esters is 1. The number of aryl methyl sites for hydroxylation is 2. The minimum atomic E-state index is -1.02. The zero-order chi connectivity index (χ0) is 18.8. The van der Waals surface area contributed by atoms with Crippen molar-refractivity contribution in [1.29, 1.82) is 0 Å². The Morgan fingerprint density at radius 2 is 1.88 bits per heavy atom. The van der Waals surface area contributed by atoms with Gasteiger partial charge in [-0.25, -0.2) is 9.18 Å². The summed E-state index contributed by atoms with van der Waals surface area (Å²) in [5.74, 6) is -1.69. The van der Waals surface area contributed by atoms with E-state index < -0.39 is 23.8 Å². The fourth-order valence-corrected chi connectivity index (χ4v) is 2.60. The molecule has 1 amide bonds. The van der Waals surface area contributed by atoms with Gasteiger partial charge in [0.2, 0.25) is 5.76 Å². The lowest BCUT2D eigenvalue weighted by molar-refractivity contribution is -0.123. The Labute approximate surface area is 149 Å². The quantitative estimate of drug-likeness (QED) is 0.706. The Hall–Kier alpha value is -3.15. The summed E-state index contributed by atoms with van der Waals surface area (Å²) in [6.07, 6.45) is -1.02. The van der Waals surface area contributed by atoms with E-state index in [1.54, 1.807) is 19.1 Å². The zero-order valence-electron chi connectivity index (χ0n) is 14.6. The molecule has 1 heterocycles. The van der Waals surface area contributed by atoms with E-state index in [1.165, 1.54) is 25.1 Å². The molecular weight excluding hydrogens is 337 g/mol. The van der Waals surface area contributed by atoms with E-state index in [-0.39, 0.29) is 5.76 Å². The van der Waals surface area contributed by atoms with Crippen LogP contribution in [0.2, 0.25) is 0 Å². The molecule has 1 atom stereocenters. The smallest absolute Gasteiger partial charge is 0.375 e. The molecule has 0 saturated carbocycles. The lowest BCUT2D eigenvalue weighted by atomic mass is 10.1. The van der Waals surface area contributed by atoms with Crippen LogP contribution >= 0.6 is 0 Å². The maximum absolute atomic E-state index is 13.4. The molecule has 0 aliphatic heterocycles. The summed E-state index contributed by atoms with van der Waals surface area (Å²) in [5.41, 5.74) is 2.40. The Morgan fingerprint density at radius 1 is 1.15 bits per heavy atom. The van der Waals surface area contributed by atoms with Crippen LogP contribution in [0.15, 0.2) is 46.9 Å². The van der Waals surface area contributed by atoms with Crippen molar-refractivity contribution in [3.05, 3.63) is 65.2 Å². The van der Waals surface area contributed by atoms with Crippen molar-refractivity contribution in [1.82, 2.24) is 0 Å². The summed E-state index contributed by atoms with van der Waals surface area (Å²) < 4.78 is 24.0. The number of para-hydroxylation sites is 1. The molecular formula is C20H18FNO4. The number of hydrogen-bond donors (Lipinski definition) is 1. The molecule has 0 aliphatic carbocycles. The molecule has 0 fully saturated rings. The molecule has 134 valence electrons. The van der Waals surface area contributed by atoms with Gasteiger partial charge in [0.15, 0.2) is 6.10 Å². The van der Waals surface area contributed by atoms with E-state index in [0.717, 1.165) is 5.56 Å². The van der Waals surface area contributed by atoms with Crippen LogP contribution in [-0.4, -0.2) is 18.0 Å². The highest BCUT2D eigenvalue weighted by atomic mass is 19.1. The highest BCUT2D eigenvalue weighted by Gasteiger charge is 2.24. The van der Waals surface area contributed by atoms with Crippen molar-refractivity contribution in [3.8, 4) is 0 Å².